The molecule has 3 heterocycles. The van der Waals surface area contributed by atoms with E-state index >= 15 is 0 Å². The predicted octanol–water partition coefficient (Wildman–Crippen LogP) is 3.01. The fraction of sp³-hybridized carbons (Fsp3) is 0.722. The van der Waals surface area contributed by atoms with E-state index in [1.165, 1.54) is 0 Å². The molecule has 0 spiro atoms. The molecule has 1 aromatic rings. The molecule has 0 amide bonds. The van der Waals surface area contributed by atoms with Crippen molar-refractivity contribution in [1.29, 1.82) is 0 Å². The molecule has 0 saturated carbocycles. The Kier molecular flexibility index (Phi) is 1.44. The SMILES string of the molecule is [2H]c1nc(B2OC(C)(C)C(C)(C)O2)c([2H])c(N2C([2H])([2H])C([2H])([2H])C([2H])(C([2H])([2H])[2H])C([2H])([2H])C2([2H])C([2H])([2H])[2H])c1[2H]. The van der Waals surface area contributed by atoms with E-state index in [4.69, 9.17) is 32.6 Å². The van der Waals surface area contributed by atoms with Gasteiger partial charge >= 0.3 is 7.12 Å². The molecule has 23 heavy (non-hydrogen) atoms. The summed E-state index contributed by atoms with van der Waals surface area (Å²) in [5, 5.41) is 0. The molecule has 3 rings (SSSR count). The summed E-state index contributed by atoms with van der Waals surface area (Å²) in [6.45, 7) is -5.50. The largest absolute Gasteiger partial charge is 0.514 e. The third kappa shape index (κ3) is 3.13. The summed E-state index contributed by atoms with van der Waals surface area (Å²) in [5.41, 5.74) is -3.85. The molecule has 0 N–H and O–H groups in total. The summed E-state index contributed by atoms with van der Waals surface area (Å²) >= 11 is 0. The maximum Gasteiger partial charge on any atom is 0.514 e. The Labute approximate surface area is 164 Å². The van der Waals surface area contributed by atoms with Gasteiger partial charge in [-0.1, -0.05) is 6.85 Å². The fourth-order valence-electron chi connectivity index (χ4n) is 2.04. The number of aromatic nitrogens is 1. The Morgan fingerprint density at radius 2 is 2.13 bits per heavy atom. The Morgan fingerprint density at radius 1 is 1.39 bits per heavy atom. The number of pyridine rings is 1. The van der Waals surface area contributed by atoms with Crippen LogP contribution in [0.2, 0.25) is 0 Å². The number of piperidine rings is 1. The van der Waals surface area contributed by atoms with Crippen LogP contribution in [0, 0.1) is 5.89 Å². The van der Waals surface area contributed by atoms with Crippen molar-refractivity contribution < 1.29 is 32.6 Å². The van der Waals surface area contributed by atoms with Crippen molar-refractivity contribution >= 4 is 18.4 Å². The zero-order valence-corrected chi connectivity index (χ0v) is 13.3. The minimum absolute atomic E-state index is 0.343. The second kappa shape index (κ2) is 5.78. The average Bonchev–Trinajstić information content (AvgIpc) is 2.96. The highest BCUT2D eigenvalue weighted by molar-refractivity contribution is 6.61. The topological polar surface area (TPSA) is 34.6 Å². The molecule has 1 aromatic heterocycles. The van der Waals surface area contributed by atoms with Gasteiger partial charge in [0.05, 0.1) is 22.3 Å². The van der Waals surface area contributed by atoms with Crippen LogP contribution in [0.5, 0.6) is 0 Å². The summed E-state index contributed by atoms with van der Waals surface area (Å²) in [5.74, 6) is -4.18. The lowest BCUT2D eigenvalue weighted by Crippen LogP contribution is -2.42. The smallest absolute Gasteiger partial charge is 0.398 e. The zero-order chi connectivity index (χ0) is 31.7. The Bertz CT molecular complexity index is 1200. The van der Waals surface area contributed by atoms with Crippen molar-refractivity contribution in [3.8, 4) is 0 Å². The van der Waals surface area contributed by atoms with Crippen molar-refractivity contribution in [2.45, 2.75) is 71.4 Å². The minimum Gasteiger partial charge on any atom is -0.398 e. The van der Waals surface area contributed by atoms with Gasteiger partial charge in [-0.05, 0) is 65.3 Å². The summed E-state index contributed by atoms with van der Waals surface area (Å²) in [6.07, 6.45) is -9.32. The van der Waals surface area contributed by atoms with Gasteiger partial charge in [0.25, 0.3) is 0 Å². The van der Waals surface area contributed by atoms with E-state index in [0.717, 1.165) is 0 Å². The van der Waals surface area contributed by atoms with Gasteiger partial charge in [-0.15, -0.1) is 0 Å². The average molecular weight is 333 g/mol. The normalized spacial score (nSPS) is 54.7. The molecule has 2 unspecified atom stereocenters. The van der Waals surface area contributed by atoms with Gasteiger partial charge in [-0.3, -0.25) is 4.98 Å². The fourth-order valence-corrected chi connectivity index (χ4v) is 2.04. The number of nitrogens with zero attached hydrogens (tertiary/aromatic N) is 2. The van der Waals surface area contributed by atoms with Crippen LogP contribution in [-0.2, 0) is 9.31 Å². The molecule has 0 aliphatic carbocycles. The quantitative estimate of drug-likeness (QED) is 0.780. The summed E-state index contributed by atoms with van der Waals surface area (Å²) in [6, 6.07) is -6.34. The molecule has 0 radical (unpaired) electrons. The third-order valence-corrected chi connectivity index (χ3v) is 4.06. The van der Waals surface area contributed by atoms with Crippen LogP contribution < -0.4 is 10.5 Å². The lowest BCUT2D eigenvalue weighted by Gasteiger charge is -2.38. The first-order valence-electron chi connectivity index (χ1n) is 15.5. The van der Waals surface area contributed by atoms with E-state index in [9.17, 15) is 0 Å². The van der Waals surface area contributed by atoms with E-state index in [-0.39, 0.29) is 4.90 Å². The Morgan fingerprint density at radius 3 is 2.78 bits per heavy atom. The lowest BCUT2D eigenvalue weighted by molar-refractivity contribution is 0.00578. The first kappa shape index (κ1) is 5.74. The first-order valence-corrected chi connectivity index (χ1v) is 7.04. The maximum absolute atomic E-state index is 8.91. The van der Waals surface area contributed by atoms with E-state index in [0.29, 0.717) is 0 Å². The Balaban J connectivity index is 2.51. The lowest BCUT2D eigenvalue weighted by atomic mass is 9.83. The van der Waals surface area contributed by atoms with Gasteiger partial charge in [0.15, 0.2) is 0 Å². The van der Waals surface area contributed by atoms with Crippen LogP contribution in [0.4, 0.5) is 5.69 Å². The maximum atomic E-state index is 8.91. The summed E-state index contributed by atoms with van der Waals surface area (Å²) in [4.78, 5) is 3.47. The molecule has 126 valence electrons. The third-order valence-electron chi connectivity index (χ3n) is 4.06. The van der Waals surface area contributed by atoms with Crippen molar-refractivity contribution in [2.75, 3.05) is 11.4 Å². The van der Waals surface area contributed by atoms with E-state index < -0.39 is 92.7 Å². The van der Waals surface area contributed by atoms with E-state index in [1.807, 2.05) is 0 Å². The molecule has 2 saturated heterocycles. The second-order valence-electron chi connectivity index (χ2n) is 6.22. The summed E-state index contributed by atoms with van der Waals surface area (Å²) in [7, 11) is -1.53. The molecule has 5 heteroatoms. The molecular formula is C18H29BN2O2. The van der Waals surface area contributed by atoms with Crippen molar-refractivity contribution in [1.82, 2.24) is 4.98 Å². The molecular weight excluding hydrogens is 287 g/mol. The van der Waals surface area contributed by atoms with E-state index in [1.54, 1.807) is 27.7 Å². The highest BCUT2D eigenvalue weighted by atomic mass is 16.7. The molecule has 0 aromatic carbocycles. The van der Waals surface area contributed by atoms with Crippen LogP contribution in [0.3, 0.4) is 0 Å². The van der Waals surface area contributed by atoms with Crippen LogP contribution in [0.15, 0.2) is 18.3 Å². The monoisotopic (exact) mass is 333 g/mol. The second-order valence-corrected chi connectivity index (χ2v) is 6.22. The van der Waals surface area contributed by atoms with Crippen molar-refractivity contribution in [2.24, 2.45) is 5.89 Å². The highest BCUT2D eigenvalue weighted by Gasteiger charge is 2.52. The molecule has 2 aliphatic heterocycles. The Hall–Kier alpha value is -1.07. The number of hydrogen-bond acceptors (Lipinski definition) is 4. The first-order chi connectivity index (χ1) is 17.4. The standard InChI is InChI=1S/C18H29BN2O2/c1-13-8-10-21(14(2)11-13)15-7-9-20-16(12-15)19-22-17(3,4)18(5,6)23-19/h7,9,12-14H,8,10-11H2,1-6H3/i1D3,2D3,7D,8D2,9D,10D2,11D2,12D,13D,14D. The molecule has 2 aliphatic rings. The number of rotatable bonds is 2. The van der Waals surface area contributed by atoms with Crippen molar-refractivity contribution in [3.05, 3.63) is 18.3 Å². The molecule has 4 nitrogen and oxygen atoms in total. The van der Waals surface area contributed by atoms with Gasteiger partial charge in [0, 0.05) is 42.2 Å². The molecule has 0 bridgehead atoms. The predicted molar refractivity (Wildman–Crippen MR) is 95.2 cm³/mol. The van der Waals surface area contributed by atoms with E-state index in [2.05, 4.69) is 4.98 Å². The number of anilines is 1. The molecule has 2 atom stereocenters. The summed E-state index contributed by atoms with van der Waals surface area (Å²) < 4.78 is 153. The van der Waals surface area contributed by atoms with Gasteiger partial charge in [0.2, 0.25) is 0 Å². The van der Waals surface area contributed by atoms with Crippen LogP contribution in [0.25, 0.3) is 0 Å². The zero-order valence-electron chi connectivity index (χ0n) is 30.3. The van der Waals surface area contributed by atoms with Crippen LogP contribution in [-0.4, -0.2) is 35.8 Å². The van der Waals surface area contributed by atoms with Gasteiger partial charge in [-0.25, -0.2) is 0 Å². The molecule has 2 fully saturated rings. The van der Waals surface area contributed by atoms with Gasteiger partial charge in [-0.2, -0.15) is 0 Å². The highest BCUT2D eigenvalue weighted by Crippen LogP contribution is 2.36. The van der Waals surface area contributed by atoms with Crippen LogP contribution in [0.1, 0.15) is 77.4 Å². The van der Waals surface area contributed by atoms with Gasteiger partial charge in [0.1, 0.15) is 0 Å². The van der Waals surface area contributed by atoms with Gasteiger partial charge < -0.3 is 14.2 Å². The minimum atomic E-state index is -4.22. The number of hydrogen-bond donors (Lipinski definition) is 0. The van der Waals surface area contributed by atoms with Crippen LogP contribution >= 0.6 is 0 Å². The van der Waals surface area contributed by atoms with Crippen molar-refractivity contribution in [3.63, 3.8) is 0 Å².